The van der Waals surface area contributed by atoms with E-state index >= 15 is 0 Å². The Balaban J connectivity index is 1.92. The molecule has 0 aliphatic carbocycles. The van der Waals surface area contributed by atoms with Crippen LogP contribution in [-0.4, -0.2) is 26.8 Å². The van der Waals surface area contributed by atoms with Gasteiger partial charge in [-0.05, 0) is 41.8 Å². The molecule has 1 saturated heterocycles. The minimum absolute atomic E-state index is 0.00156. The van der Waals surface area contributed by atoms with Gasteiger partial charge in [-0.25, -0.2) is 0 Å². The van der Waals surface area contributed by atoms with E-state index in [1.807, 2.05) is 19.1 Å². The molecule has 33 heavy (non-hydrogen) atoms. The number of aliphatic hydroxyl groups excluding tert-OH is 1. The highest BCUT2D eigenvalue weighted by Gasteiger charge is 2.47. The number of Topliss-reactive ketones (excluding diaryl/α,β-unsaturated/α-hetero) is 1. The molecular formula is C25H20N2O6. The Morgan fingerprint density at radius 2 is 1.70 bits per heavy atom. The van der Waals surface area contributed by atoms with Crippen molar-refractivity contribution in [3.05, 3.63) is 105 Å². The number of nitrogens with zero attached hydrogens (tertiary/aromatic N) is 2. The second-order valence-electron chi connectivity index (χ2n) is 7.59. The Bertz CT molecular complexity index is 1280. The molecule has 1 atom stereocenters. The number of anilines is 1. The maximum atomic E-state index is 13.1. The van der Waals surface area contributed by atoms with Gasteiger partial charge in [-0.2, -0.15) is 0 Å². The van der Waals surface area contributed by atoms with Gasteiger partial charge in [0, 0.05) is 23.4 Å². The largest absolute Gasteiger partial charge is 0.508 e. The average Bonchev–Trinajstić information content (AvgIpc) is 3.09. The van der Waals surface area contributed by atoms with E-state index in [9.17, 15) is 29.9 Å². The molecule has 8 heteroatoms. The monoisotopic (exact) mass is 444 g/mol. The first-order valence-corrected chi connectivity index (χ1v) is 10.3. The number of ketones is 1. The van der Waals surface area contributed by atoms with Crippen LogP contribution in [0.5, 0.6) is 5.75 Å². The molecule has 3 aromatic carbocycles. The van der Waals surface area contributed by atoms with Crippen LogP contribution >= 0.6 is 0 Å². The van der Waals surface area contributed by atoms with Gasteiger partial charge in [-0.1, -0.05) is 43.3 Å². The van der Waals surface area contributed by atoms with Crippen molar-refractivity contribution in [2.45, 2.75) is 19.4 Å². The minimum atomic E-state index is -0.989. The molecular weight excluding hydrogens is 424 g/mol. The number of aryl methyl sites for hydroxylation is 1. The number of hydrogen-bond acceptors (Lipinski definition) is 6. The predicted octanol–water partition coefficient (Wildman–Crippen LogP) is 4.49. The molecule has 0 spiro atoms. The van der Waals surface area contributed by atoms with Crippen LogP contribution in [0.15, 0.2) is 78.4 Å². The zero-order chi connectivity index (χ0) is 23.7. The molecule has 2 N–H and O–H groups in total. The minimum Gasteiger partial charge on any atom is -0.508 e. The van der Waals surface area contributed by atoms with Gasteiger partial charge >= 0.3 is 0 Å². The molecule has 3 aromatic rings. The third-order valence-electron chi connectivity index (χ3n) is 5.61. The summed E-state index contributed by atoms with van der Waals surface area (Å²) in [5.74, 6) is -2.24. The lowest BCUT2D eigenvalue weighted by Crippen LogP contribution is -2.29. The predicted molar refractivity (Wildman–Crippen MR) is 122 cm³/mol. The van der Waals surface area contributed by atoms with Crippen molar-refractivity contribution in [2.24, 2.45) is 0 Å². The maximum absolute atomic E-state index is 13.1. The fraction of sp³-hybridized carbons (Fsp3) is 0.120. The summed E-state index contributed by atoms with van der Waals surface area (Å²) < 4.78 is 0. The maximum Gasteiger partial charge on any atom is 0.300 e. The third kappa shape index (κ3) is 3.94. The lowest BCUT2D eigenvalue weighted by atomic mass is 9.95. The molecule has 1 unspecified atom stereocenters. The second kappa shape index (κ2) is 8.58. The quantitative estimate of drug-likeness (QED) is 0.197. The van der Waals surface area contributed by atoms with E-state index in [-0.39, 0.29) is 22.6 Å². The van der Waals surface area contributed by atoms with E-state index in [0.29, 0.717) is 11.3 Å². The highest BCUT2D eigenvalue weighted by molar-refractivity contribution is 6.51. The van der Waals surface area contributed by atoms with Gasteiger partial charge in [0.1, 0.15) is 11.5 Å². The Morgan fingerprint density at radius 3 is 2.30 bits per heavy atom. The average molecular weight is 444 g/mol. The Labute approximate surface area is 189 Å². The standard InChI is InChI=1S/C25H20N2O6/c1-2-15-6-10-18(11-7-15)26-22(16-8-12-20(28)13-9-16)21(24(30)25(26)31)23(29)17-4-3-5-19(14-17)27(32)33/h3-14,22,28-29H,2H2,1H3/b23-21-. The number of amides is 1. The summed E-state index contributed by atoms with van der Waals surface area (Å²) in [5, 5.41) is 31.9. The van der Waals surface area contributed by atoms with Gasteiger partial charge in [-0.3, -0.25) is 24.6 Å². The van der Waals surface area contributed by atoms with Crippen LogP contribution < -0.4 is 4.90 Å². The van der Waals surface area contributed by atoms with E-state index in [2.05, 4.69) is 0 Å². The number of phenols is 1. The third-order valence-corrected chi connectivity index (χ3v) is 5.61. The number of nitro groups is 1. The highest BCUT2D eigenvalue weighted by Crippen LogP contribution is 2.42. The molecule has 0 aromatic heterocycles. The van der Waals surface area contributed by atoms with Crippen LogP contribution in [0.25, 0.3) is 5.76 Å². The second-order valence-corrected chi connectivity index (χ2v) is 7.59. The lowest BCUT2D eigenvalue weighted by molar-refractivity contribution is -0.384. The number of carbonyl (C=O) groups is 2. The van der Waals surface area contributed by atoms with Crippen molar-refractivity contribution in [2.75, 3.05) is 4.90 Å². The van der Waals surface area contributed by atoms with Crippen LogP contribution in [0, 0.1) is 10.1 Å². The first-order chi connectivity index (χ1) is 15.8. The molecule has 0 bridgehead atoms. The van der Waals surface area contributed by atoms with Crippen molar-refractivity contribution >= 4 is 28.8 Å². The first-order valence-electron chi connectivity index (χ1n) is 10.3. The molecule has 4 rings (SSSR count). The molecule has 1 amide bonds. The first kappa shape index (κ1) is 21.8. The summed E-state index contributed by atoms with van der Waals surface area (Å²) in [7, 11) is 0. The fourth-order valence-corrected chi connectivity index (χ4v) is 3.89. The van der Waals surface area contributed by atoms with Crippen molar-refractivity contribution in [1.82, 2.24) is 0 Å². The van der Waals surface area contributed by atoms with Crippen molar-refractivity contribution in [3.63, 3.8) is 0 Å². The van der Waals surface area contributed by atoms with E-state index in [0.717, 1.165) is 18.1 Å². The van der Waals surface area contributed by atoms with Crippen LogP contribution in [0.1, 0.15) is 29.7 Å². The smallest absolute Gasteiger partial charge is 0.300 e. The summed E-state index contributed by atoms with van der Waals surface area (Å²) >= 11 is 0. The van der Waals surface area contributed by atoms with Gasteiger partial charge in [0.05, 0.1) is 16.5 Å². The molecule has 0 saturated carbocycles. The fourth-order valence-electron chi connectivity index (χ4n) is 3.89. The normalized spacial score (nSPS) is 17.4. The van der Waals surface area contributed by atoms with Crippen molar-refractivity contribution in [3.8, 4) is 5.75 Å². The zero-order valence-electron chi connectivity index (χ0n) is 17.6. The highest BCUT2D eigenvalue weighted by atomic mass is 16.6. The molecule has 8 nitrogen and oxygen atoms in total. The number of hydrogen-bond donors (Lipinski definition) is 2. The molecule has 1 aliphatic heterocycles. The summed E-state index contributed by atoms with van der Waals surface area (Å²) in [6.45, 7) is 2.00. The van der Waals surface area contributed by atoms with Gasteiger partial charge in [0.2, 0.25) is 0 Å². The van der Waals surface area contributed by atoms with E-state index in [4.69, 9.17) is 0 Å². The molecule has 1 fully saturated rings. The van der Waals surface area contributed by atoms with Crippen LogP contribution in [0.3, 0.4) is 0 Å². The number of non-ortho nitro benzene ring substituents is 1. The van der Waals surface area contributed by atoms with E-state index in [1.165, 1.54) is 35.2 Å². The van der Waals surface area contributed by atoms with Crippen molar-refractivity contribution in [1.29, 1.82) is 0 Å². The van der Waals surface area contributed by atoms with Crippen LogP contribution in [-0.2, 0) is 16.0 Å². The van der Waals surface area contributed by atoms with Crippen molar-refractivity contribution < 1.29 is 24.7 Å². The van der Waals surface area contributed by atoms with Gasteiger partial charge < -0.3 is 10.2 Å². The lowest BCUT2D eigenvalue weighted by Gasteiger charge is -2.25. The Kier molecular flexibility index (Phi) is 5.66. The summed E-state index contributed by atoms with van der Waals surface area (Å²) in [6.07, 6.45) is 0.799. The Morgan fingerprint density at radius 1 is 1.03 bits per heavy atom. The van der Waals surface area contributed by atoms with Gasteiger partial charge in [0.15, 0.2) is 0 Å². The molecule has 1 aliphatic rings. The number of carbonyl (C=O) groups excluding carboxylic acids is 2. The summed E-state index contributed by atoms with van der Waals surface area (Å²) in [6, 6.07) is 17.3. The Hall–Kier alpha value is -4.46. The number of phenolic OH excluding ortho intramolecular Hbond substituents is 1. The number of benzene rings is 3. The summed E-state index contributed by atoms with van der Waals surface area (Å²) in [5.41, 5.74) is 1.60. The van der Waals surface area contributed by atoms with Crippen LogP contribution in [0.4, 0.5) is 11.4 Å². The number of aromatic hydroxyl groups is 1. The summed E-state index contributed by atoms with van der Waals surface area (Å²) in [4.78, 5) is 38.1. The van der Waals surface area contributed by atoms with Gasteiger partial charge in [0.25, 0.3) is 17.4 Å². The zero-order valence-corrected chi connectivity index (χ0v) is 17.6. The topological polar surface area (TPSA) is 121 Å². The van der Waals surface area contributed by atoms with Gasteiger partial charge in [-0.15, -0.1) is 0 Å². The SMILES string of the molecule is CCc1ccc(N2C(=O)C(=O)/C(=C(\O)c3cccc([N+](=O)[O-])c3)C2c2ccc(O)cc2)cc1. The van der Waals surface area contributed by atoms with E-state index in [1.54, 1.807) is 24.3 Å². The number of aliphatic hydroxyl groups is 1. The number of nitro benzene ring substituents is 1. The van der Waals surface area contributed by atoms with Crippen LogP contribution in [0.2, 0.25) is 0 Å². The molecule has 0 radical (unpaired) electrons. The molecule has 1 heterocycles. The number of rotatable bonds is 5. The molecule has 166 valence electrons. The van der Waals surface area contributed by atoms with E-state index < -0.39 is 28.4 Å².